The molecule has 0 bridgehead atoms. The van der Waals surface area contributed by atoms with Crippen LogP contribution in [0.25, 0.3) is 11.0 Å². The first-order valence-electron chi connectivity index (χ1n) is 5.79. The van der Waals surface area contributed by atoms with Gasteiger partial charge in [0.2, 0.25) is 5.95 Å². The molecule has 0 fully saturated rings. The lowest BCUT2D eigenvalue weighted by molar-refractivity contribution is 1.11. The number of halogens is 3. The molecule has 1 N–H and O–H groups in total. The minimum atomic E-state index is 0. The summed E-state index contributed by atoms with van der Waals surface area (Å²) >= 11 is 12.4. The quantitative estimate of drug-likeness (QED) is 0.713. The molecule has 0 aliphatic rings. The number of para-hydroxylation sites is 3. The maximum absolute atomic E-state index is 6.21. The van der Waals surface area contributed by atoms with Gasteiger partial charge in [0, 0.05) is 7.05 Å². The van der Waals surface area contributed by atoms with Gasteiger partial charge in [-0.15, -0.1) is 12.4 Å². The number of hydrogen-bond donors (Lipinski definition) is 1. The maximum atomic E-state index is 6.21. The third-order valence-corrected chi connectivity index (χ3v) is 3.58. The summed E-state index contributed by atoms with van der Waals surface area (Å²) in [6, 6.07) is 13.3. The van der Waals surface area contributed by atoms with E-state index in [1.54, 1.807) is 0 Å². The molecule has 0 spiro atoms. The Labute approximate surface area is 132 Å². The summed E-state index contributed by atoms with van der Waals surface area (Å²) in [5.74, 6) is 0.705. The number of aromatic nitrogens is 2. The average molecular weight is 329 g/mol. The van der Waals surface area contributed by atoms with Crippen LogP contribution in [0.4, 0.5) is 11.6 Å². The lowest BCUT2D eigenvalue weighted by atomic mass is 10.3. The molecule has 0 atom stereocenters. The van der Waals surface area contributed by atoms with Gasteiger partial charge in [0.1, 0.15) is 0 Å². The minimum absolute atomic E-state index is 0. The summed E-state index contributed by atoms with van der Waals surface area (Å²) in [7, 11) is 1.88. The van der Waals surface area contributed by atoms with Gasteiger partial charge in [-0.2, -0.15) is 0 Å². The zero-order valence-electron chi connectivity index (χ0n) is 10.6. The molecule has 3 aromatic rings. The van der Waals surface area contributed by atoms with Gasteiger partial charge in [-0.3, -0.25) is 0 Å². The SMILES string of the molecule is CN(c1nc2ccccc2[nH]1)c1c(Cl)cccc1Cl.Cl. The molecule has 6 heteroatoms. The summed E-state index contributed by atoms with van der Waals surface area (Å²) in [5, 5.41) is 1.19. The first kappa shape index (κ1) is 15.0. The highest BCUT2D eigenvalue weighted by molar-refractivity contribution is 6.39. The van der Waals surface area contributed by atoms with Crippen molar-refractivity contribution >= 4 is 58.3 Å². The Morgan fingerprint density at radius 3 is 2.30 bits per heavy atom. The molecule has 0 unspecified atom stereocenters. The van der Waals surface area contributed by atoms with Gasteiger partial charge in [0.05, 0.1) is 26.8 Å². The third kappa shape index (κ3) is 2.57. The van der Waals surface area contributed by atoms with E-state index in [9.17, 15) is 0 Å². The highest BCUT2D eigenvalue weighted by atomic mass is 35.5. The van der Waals surface area contributed by atoms with Crippen molar-refractivity contribution in [3.8, 4) is 0 Å². The first-order valence-corrected chi connectivity index (χ1v) is 6.55. The largest absolute Gasteiger partial charge is 0.324 e. The van der Waals surface area contributed by atoms with Gasteiger partial charge in [0.25, 0.3) is 0 Å². The Balaban J connectivity index is 0.00000147. The fourth-order valence-electron chi connectivity index (χ4n) is 2.01. The Morgan fingerprint density at radius 1 is 1.00 bits per heavy atom. The van der Waals surface area contributed by atoms with E-state index in [-0.39, 0.29) is 12.4 Å². The van der Waals surface area contributed by atoms with E-state index in [2.05, 4.69) is 9.97 Å². The molecule has 1 heterocycles. The Kier molecular flexibility index (Phi) is 4.43. The molecule has 0 radical (unpaired) electrons. The van der Waals surface area contributed by atoms with Gasteiger partial charge in [0.15, 0.2) is 0 Å². The number of aromatic amines is 1. The van der Waals surface area contributed by atoms with Crippen molar-refractivity contribution in [3.05, 3.63) is 52.5 Å². The predicted molar refractivity (Wildman–Crippen MR) is 87.9 cm³/mol. The first-order chi connectivity index (χ1) is 9.16. The highest BCUT2D eigenvalue weighted by Gasteiger charge is 2.15. The zero-order valence-corrected chi connectivity index (χ0v) is 12.9. The zero-order chi connectivity index (χ0) is 13.4. The van der Waals surface area contributed by atoms with Crippen molar-refractivity contribution in [2.24, 2.45) is 0 Å². The molecular weight excluding hydrogens is 317 g/mol. The van der Waals surface area contributed by atoms with Crippen LogP contribution in [0.3, 0.4) is 0 Å². The lowest BCUT2D eigenvalue weighted by Gasteiger charge is -2.18. The molecule has 2 aromatic carbocycles. The highest BCUT2D eigenvalue weighted by Crippen LogP contribution is 2.36. The lowest BCUT2D eigenvalue weighted by Crippen LogP contribution is -2.12. The Bertz CT molecular complexity index is 686. The van der Waals surface area contributed by atoms with E-state index < -0.39 is 0 Å². The number of H-pyrrole nitrogens is 1. The molecule has 3 rings (SSSR count). The van der Waals surface area contributed by atoms with E-state index in [0.29, 0.717) is 16.0 Å². The van der Waals surface area contributed by atoms with Gasteiger partial charge in [-0.1, -0.05) is 41.4 Å². The average Bonchev–Trinajstić information content (AvgIpc) is 2.82. The van der Waals surface area contributed by atoms with Crippen molar-refractivity contribution in [1.29, 1.82) is 0 Å². The van der Waals surface area contributed by atoms with Crippen LogP contribution in [0, 0.1) is 0 Å². The number of hydrogen-bond acceptors (Lipinski definition) is 2. The van der Waals surface area contributed by atoms with Crippen LogP contribution >= 0.6 is 35.6 Å². The van der Waals surface area contributed by atoms with Gasteiger partial charge in [-0.05, 0) is 24.3 Å². The monoisotopic (exact) mass is 327 g/mol. The fraction of sp³-hybridized carbons (Fsp3) is 0.0714. The summed E-state index contributed by atoms with van der Waals surface area (Å²) in [6.07, 6.45) is 0. The minimum Gasteiger partial charge on any atom is -0.324 e. The molecular formula is C14H12Cl3N3. The summed E-state index contributed by atoms with van der Waals surface area (Å²) < 4.78 is 0. The number of fused-ring (bicyclic) bond motifs is 1. The third-order valence-electron chi connectivity index (χ3n) is 2.97. The van der Waals surface area contributed by atoms with Crippen LogP contribution in [0.5, 0.6) is 0 Å². The number of anilines is 2. The van der Waals surface area contributed by atoms with E-state index in [1.807, 2.05) is 54.4 Å². The topological polar surface area (TPSA) is 31.9 Å². The maximum Gasteiger partial charge on any atom is 0.208 e. The number of rotatable bonds is 2. The second kappa shape index (κ2) is 5.92. The predicted octanol–water partition coefficient (Wildman–Crippen LogP) is 5.06. The normalized spacial score (nSPS) is 10.3. The summed E-state index contributed by atoms with van der Waals surface area (Å²) in [5.41, 5.74) is 2.63. The molecule has 3 nitrogen and oxygen atoms in total. The van der Waals surface area contributed by atoms with Gasteiger partial charge in [-0.25, -0.2) is 4.98 Å². The smallest absolute Gasteiger partial charge is 0.208 e. The van der Waals surface area contributed by atoms with Crippen molar-refractivity contribution in [2.75, 3.05) is 11.9 Å². The van der Waals surface area contributed by atoms with E-state index in [4.69, 9.17) is 23.2 Å². The second-order valence-electron chi connectivity index (χ2n) is 4.21. The molecule has 0 amide bonds. The summed E-state index contributed by atoms with van der Waals surface area (Å²) in [4.78, 5) is 9.62. The summed E-state index contributed by atoms with van der Waals surface area (Å²) in [6.45, 7) is 0. The number of benzene rings is 2. The molecule has 0 saturated carbocycles. The number of nitrogens with one attached hydrogen (secondary N) is 1. The van der Waals surface area contributed by atoms with Crippen LogP contribution < -0.4 is 4.90 Å². The van der Waals surface area contributed by atoms with Crippen LogP contribution in [0.15, 0.2) is 42.5 Å². The number of nitrogens with zero attached hydrogens (tertiary/aromatic N) is 2. The second-order valence-corrected chi connectivity index (χ2v) is 5.02. The van der Waals surface area contributed by atoms with Crippen molar-refractivity contribution in [2.45, 2.75) is 0 Å². The van der Waals surface area contributed by atoms with Crippen molar-refractivity contribution in [3.63, 3.8) is 0 Å². The molecule has 0 aliphatic heterocycles. The van der Waals surface area contributed by atoms with E-state index >= 15 is 0 Å². The van der Waals surface area contributed by atoms with Gasteiger partial charge >= 0.3 is 0 Å². The van der Waals surface area contributed by atoms with Crippen LogP contribution in [0.1, 0.15) is 0 Å². The Hall–Kier alpha value is -1.42. The van der Waals surface area contributed by atoms with Crippen molar-refractivity contribution in [1.82, 2.24) is 9.97 Å². The van der Waals surface area contributed by atoms with E-state index in [1.165, 1.54) is 0 Å². The molecule has 20 heavy (non-hydrogen) atoms. The standard InChI is InChI=1S/C14H11Cl2N3.ClH/c1-19(13-9(15)5-4-6-10(13)16)14-17-11-7-2-3-8-12(11)18-14;/h2-8H,1H3,(H,17,18);1H. The van der Waals surface area contributed by atoms with Crippen molar-refractivity contribution < 1.29 is 0 Å². The molecule has 0 aliphatic carbocycles. The fourth-order valence-corrected chi connectivity index (χ4v) is 2.66. The molecule has 0 saturated heterocycles. The number of imidazole rings is 1. The Morgan fingerprint density at radius 2 is 1.65 bits per heavy atom. The van der Waals surface area contributed by atoms with E-state index in [0.717, 1.165) is 16.7 Å². The van der Waals surface area contributed by atoms with Gasteiger partial charge < -0.3 is 9.88 Å². The van der Waals surface area contributed by atoms with Crippen LogP contribution in [-0.4, -0.2) is 17.0 Å². The van der Waals surface area contributed by atoms with Crippen LogP contribution in [0.2, 0.25) is 10.0 Å². The molecule has 1 aromatic heterocycles. The molecule has 104 valence electrons. The van der Waals surface area contributed by atoms with Crippen LogP contribution in [-0.2, 0) is 0 Å².